The van der Waals surface area contributed by atoms with Gasteiger partial charge in [-0.25, -0.2) is 0 Å². The Morgan fingerprint density at radius 2 is 2.42 bits per heavy atom. The third-order valence-electron chi connectivity index (χ3n) is 1.08. The normalized spacial score (nSPS) is 11.3. The van der Waals surface area contributed by atoms with E-state index in [9.17, 15) is 8.42 Å². The van der Waals surface area contributed by atoms with E-state index in [0.717, 1.165) is 0 Å². The van der Waals surface area contributed by atoms with Crippen LogP contribution in [0.5, 0.6) is 0 Å². The zero-order valence-corrected chi connectivity index (χ0v) is 7.08. The highest BCUT2D eigenvalue weighted by molar-refractivity contribution is 7.86. The maximum atomic E-state index is 11.1. The molecule has 1 rings (SSSR count). The molecule has 0 saturated carbocycles. The van der Waals surface area contributed by atoms with Crippen molar-refractivity contribution in [2.45, 2.75) is 5.09 Å². The van der Waals surface area contributed by atoms with Crippen LogP contribution in [0.25, 0.3) is 0 Å². The van der Waals surface area contributed by atoms with Crippen molar-refractivity contribution in [3.05, 3.63) is 31.1 Å². The lowest BCUT2D eigenvalue weighted by Gasteiger charge is -1.97. The standard InChI is InChI=1S/C7H8O4S/c1-2-5-11-12(8,9)7-4-3-6-10-7/h2-4,6H,1,5H2. The highest BCUT2D eigenvalue weighted by Crippen LogP contribution is 2.11. The largest absolute Gasteiger partial charge is 0.451 e. The van der Waals surface area contributed by atoms with E-state index in [-0.39, 0.29) is 11.7 Å². The number of rotatable bonds is 4. The first kappa shape index (κ1) is 9.02. The summed E-state index contributed by atoms with van der Waals surface area (Å²) in [6, 6.07) is 2.79. The Bertz CT molecular complexity index is 335. The highest BCUT2D eigenvalue weighted by atomic mass is 32.2. The Kier molecular flexibility index (Phi) is 2.67. The van der Waals surface area contributed by atoms with Gasteiger partial charge in [0, 0.05) is 0 Å². The number of furan rings is 1. The number of hydrogen-bond donors (Lipinski definition) is 0. The SMILES string of the molecule is C=CCOS(=O)(=O)c1ccco1. The molecule has 0 unspecified atom stereocenters. The van der Waals surface area contributed by atoms with Crippen molar-refractivity contribution in [1.82, 2.24) is 0 Å². The molecular formula is C7H8O4S. The molecule has 4 nitrogen and oxygen atoms in total. The first-order valence-electron chi connectivity index (χ1n) is 3.20. The Morgan fingerprint density at radius 3 is 2.92 bits per heavy atom. The van der Waals surface area contributed by atoms with Crippen molar-refractivity contribution in [3.63, 3.8) is 0 Å². The van der Waals surface area contributed by atoms with E-state index >= 15 is 0 Å². The smallest absolute Gasteiger partial charge is 0.330 e. The second-order valence-electron chi connectivity index (χ2n) is 1.96. The van der Waals surface area contributed by atoms with Gasteiger partial charge in [-0.2, -0.15) is 8.42 Å². The lowest BCUT2D eigenvalue weighted by molar-refractivity contribution is 0.332. The molecule has 0 amide bonds. The van der Waals surface area contributed by atoms with Crippen molar-refractivity contribution in [2.75, 3.05) is 6.61 Å². The van der Waals surface area contributed by atoms with E-state index in [1.807, 2.05) is 0 Å². The molecule has 0 spiro atoms. The summed E-state index contributed by atoms with van der Waals surface area (Å²) in [5, 5.41) is -0.190. The molecule has 0 bridgehead atoms. The molecule has 66 valence electrons. The van der Waals surface area contributed by atoms with Crippen LogP contribution in [-0.4, -0.2) is 15.0 Å². The van der Waals surface area contributed by atoms with Crippen molar-refractivity contribution >= 4 is 10.1 Å². The monoisotopic (exact) mass is 188 g/mol. The van der Waals surface area contributed by atoms with Gasteiger partial charge in [-0.15, -0.1) is 6.58 Å². The van der Waals surface area contributed by atoms with E-state index in [4.69, 9.17) is 0 Å². The van der Waals surface area contributed by atoms with Crippen LogP contribution >= 0.6 is 0 Å². The molecular weight excluding hydrogens is 180 g/mol. The van der Waals surface area contributed by atoms with Gasteiger partial charge in [-0.1, -0.05) is 6.08 Å². The molecule has 0 saturated heterocycles. The molecule has 12 heavy (non-hydrogen) atoms. The van der Waals surface area contributed by atoms with Crippen LogP contribution in [0.3, 0.4) is 0 Å². The molecule has 1 heterocycles. The van der Waals surface area contributed by atoms with Gasteiger partial charge in [0.15, 0.2) is 0 Å². The van der Waals surface area contributed by atoms with Gasteiger partial charge in [0.1, 0.15) is 0 Å². The summed E-state index contributed by atoms with van der Waals surface area (Å²) in [4.78, 5) is 0. The Balaban J connectivity index is 2.80. The van der Waals surface area contributed by atoms with Gasteiger partial charge in [-0.3, -0.25) is 4.18 Å². The summed E-state index contributed by atoms with van der Waals surface area (Å²) in [6.45, 7) is 3.27. The summed E-state index contributed by atoms with van der Waals surface area (Å²) >= 11 is 0. The third kappa shape index (κ3) is 1.96. The van der Waals surface area contributed by atoms with Crippen LogP contribution in [-0.2, 0) is 14.3 Å². The quantitative estimate of drug-likeness (QED) is 0.525. The van der Waals surface area contributed by atoms with Gasteiger partial charge >= 0.3 is 10.1 Å². The van der Waals surface area contributed by atoms with Gasteiger partial charge < -0.3 is 4.42 Å². The minimum Gasteiger partial charge on any atom is -0.451 e. The van der Waals surface area contributed by atoms with Crippen LogP contribution < -0.4 is 0 Å². The highest BCUT2D eigenvalue weighted by Gasteiger charge is 2.16. The first-order chi connectivity index (χ1) is 5.67. The lowest BCUT2D eigenvalue weighted by Crippen LogP contribution is -2.04. The van der Waals surface area contributed by atoms with E-state index in [2.05, 4.69) is 15.2 Å². The minimum absolute atomic E-state index is 0.0525. The van der Waals surface area contributed by atoms with Gasteiger partial charge in [-0.05, 0) is 12.1 Å². The molecule has 0 aliphatic rings. The predicted molar refractivity (Wildman–Crippen MR) is 42.0 cm³/mol. The zero-order chi connectivity index (χ0) is 9.03. The fourth-order valence-corrected chi connectivity index (χ4v) is 1.41. The lowest BCUT2D eigenvalue weighted by atomic mass is 10.7. The molecule has 0 atom stereocenters. The fourth-order valence-electron chi connectivity index (χ4n) is 0.602. The first-order valence-corrected chi connectivity index (χ1v) is 4.61. The van der Waals surface area contributed by atoms with Crippen LogP contribution in [0.15, 0.2) is 40.6 Å². The Hall–Kier alpha value is -1.07. The maximum Gasteiger partial charge on any atom is 0.330 e. The molecule has 1 aromatic heterocycles. The average molecular weight is 188 g/mol. The van der Waals surface area contributed by atoms with E-state index < -0.39 is 10.1 Å². The van der Waals surface area contributed by atoms with Crippen molar-refractivity contribution in [3.8, 4) is 0 Å². The van der Waals surface area contributed by atoms with Crippen LogP contribution in [0, 0.1) is 0 Å². The molecule has 0 radical (unpaired) electrons. The summed E-state index contributed by atoms with van der Waals surface area (Å²) < 4.78 is 31.3. The van der Waals surface area contributed by atoms with Crippen molar-refractivity contribution in [1.29, 1.82) is 0 Å². The van der Waals surface area contributed by atoms with E-state index in [1.165, 1.54) is 24.5 Å². The van der Waals surface area contributed by atoms with Gasteiger partial charge in [0.2, 0.25) is 5.09 Å². The second-order valence-corrected chi connectivity index (χ2v) is 3.51. The minimum atomic E-state index is -3.72. The molecule has 0 aliphatic heterocycles. The van der Waals surface area contributed by atoms with Gasteiger partial charge in [0.25, 0.3) is 0 Å². The summed E-state index contributed by atoms with van der Waals surface area (Å²) in [7, 11) is -3.72. The topological polar surface area (TPSA) is 56.5 Å². The fraction of sp³-hybridized carbons (Fsp3) is 0.143. The zero-order valence-electron chi connectivity index (χ0n) is 6.26. The third-order valence-corrected chi connectivity index (χ3v) is 2.25. The summed E-state index contributed by atoms with van der Waals surface area (Å²) in [5.41, 5.74) is 0. The molecule has 0 aliphatic carbocycles. The predicted octanol–water partition coefficient (Wildman–Crippen LogP) is 1.17. The molecule has 0 N–H and O–H groups in total. The molecule has 0 fully saturated rings. The maximum absolute atomic E-state index is 11.1. The second kappa shape index (κ2) is 3.55. The van der Waals surface area contributed by atoms with E-state index in [0.29, 0.717) is 0 Å². The van der Waals surface area contributed by atoms with Crippen LogP contribution in [0.2, 0.25) is 0 Å². The van der Waals surface area contributed by atoms with Crippen molar-refractivity contribution in [2.24, 2.45) is 0 Å². The molecule has 0 aromatic carbocycles. The average Bonchev–Trinajstić information content (AvgIpc) is 2.53. The molecule has 5 heteroatoms. The summed E-state index contributed by atoms with van der Waals surface area (Å²) in [5.74, 6) is 0. The van der Waals surface area contributed by atoms with E-state index in [1.54, 1.807) is 0 Å². The van der Waals surface area contributed by atoms with Crippen LogP contribution in [0.1, 0.15) is 0 Å². The van der Waals surface area contributed by atoms with Crippen LogP contribution in [0.4, 0.5) is 0 Å². The van der Waals surface area contributed by atoms with Crippen molar-refractivity contribution < 1.29 is 17.0 Å². The Morgan fingerprint density at radius 1 is 1.67 bits per heavy atom. The molecule has 1 aromatic rings. The van der Waals surface area contributed by atoms with Gasteiger partial charge in [0.05, 0.1) is 12.9 Å². The number of hydrogen-bond acceptors (Lipinski definition) is 4. The summed E-state index contributed by atoms with van der Waals surface area (Å²) in [6.07, 6.45) is 2.62. The Labute approximate surface area is 70.6 Å².